The molecule has 2 rings (SSSR count). The van der Waals surface area contributed by atoms with E-state index in [1.165, 1.54) is 24.4 Å². The lowest BCUT2D eigenvalue weighted by Gasteiger charge is -2.13. The molecule has 1 aliphatic heterocycles. The second kappa shape index (κ2) is 4.97. The zero-order valence-corrected chi connectivity index (χ0v) is 11.0. The topological polar surface area (TPSA) is 3.24 Å². The van der Waals surface area contributed by atoms with Gasteiger partial charge in [-0.05, 0) is 31.0 Å². The smallest absolute Gasteiger partial charge is 0.0931 e. The van der Waals surface area contributed by atoms with Crippen LogP contribution in [0.15, 0.2) is 12.1 Å². The fourth-order valence-corrected chi connectivity index (χ4v) is 3.50. The van der Waals surface area contributed by atoms with Gasteiger partial charge in [0, 0.05) is 23.3 Å². The molecule has 0 aliphatic carbocycles. The fraction of sp³-hybridized carbons (Fsp3) is 0.600. The Kier molecular flexibility index (Phi) is 3.88. The highest BCUT2D eigenvalue weighted by atomic mass is 79.9. The quantitative estimate of drug-likeness (QED) is 0.770. The molecule has 0 N–H and O–H groups in total. The molecule has 0 spiro atoms. The van der Waals surface area contributed by atoms with E-state index in [4.69, 9.17) is 11.6 Å². The third-order valence-corrected chi connectivity index (χ3v) is 4.73. The molecular weight excluding hydrogens is 282 g/mol. The third kappa shape index (κ3) is 2.72. The average Bonchev–Trinajstić information content (AvgIpc) is 2.76. The van der Waals surface area contributed by atoms with E-state index in [0.29, 0.717) is 0 Å². The number of hydrogen-bond acceptors (Lipinski definition) is 2. The number of likely N-dealkylation sites (tertiary alicyclic amines) is 1. The zero-order chi connectivity index (χ0) is 9.97. The summed E-state index contributed by atoms with van der Waals surface area (Å²) < 4.78 is 0.899. The van der Waals surface area contributed by atoms with Crippen LogP contribution in [0.25, 0.3) is 0 Å². The van der Waals surface area contributed by atoms with Crippen LogP contribution in [-0.4, -0.2) is 23.3 Å². The Hall–Kier alpha value is 0.430. The fourth-order valence-electron chi connectivity index (χ4n) is 1.84. The number of alkyl halides is 1. The van der Waals surface area contributed by atoms with Crippen molar-refractivity contribution in [3.63, 3.8) is 0 Å². The first-order valence-corrected chi connectivity index (χ1v) is 7.12. The van der Waals surface area contributed by atoms with Crippen LogP contribution in [0.3, 0.4) is 0 Å². The summed E-state index contributed by atoms with van der Waals surface area (Å²) >= 11 is 11.1. The van der Waals surface area contributed by atoms with Crippen LogP contribution >= 0.6 is 38.9 Å². The molecule has 14 heavy (non-hydrogen) atoms. The summed E-state index contributed by atoms with van der Waals surface area (Å²) in [6.07, 6.45) is 1.32. The molecule has 1 aromatic heterocycles. The Morgan fingerprint density at radius 2 is 2.43 bits per heavy atom. The summed E-state index contributed by atoms with van der Waals surface area (Å²) in [6.45, 7) is 3.52. The van der Waals surface area contributed by atoms with Crippen molar-refractivity contribution in [2.45, 2.75) is 13.0 Å². The van der Waals surface area contributed by atoms with Crippen molar-refractivity contribution in [3.8, 4) is 0 Å². The molecule has 0 amide bonds. The van der Waals surface area contributed by atoms with Gasteiger partial charge in [-0.2, -0.15) is 0 Å². The molecule has 0 bridgehead atoms. The molecule has 1 unspecified atom stereocenters. The standard InChI is InChI=1S/C10H13BrClNS/c11-5-8-3-4-13(6-8)7-9-1-2-10(12)14-9/h1-2,8H,3-7H2. The molecule has 1 nitrogen and oxygen atoms in total. The average molecular weight is 295 g/mol. The van der Waals surface area contributed by atoms with E-state index in [0.717, 1.165) is 22.1 Å². The van der Waals surface area contributed by atoms with Gasteiger partial charge >= 0.3 is 0 Å². The van der Waals surface area contributed by atoms with Gasteiger partial charge in [-0.25, -0.2) is 0 Å². The first-order chi connectivity index (χ1) is 6.78. The van der Waals surface area contributed by atoms with Crippen LogP contribution in [0.2, 0.25) is 4.34 Å². The second-order valence-electron chi connectivity index (χ2n) is 3.75. The van der Waals surface area contributed by atoms with Gasteiger partial charge in [0.25, 0.3) is 0 Å². The minimum absolute atomic E-state index is 0.838. The monoisotopic (exact) mass is 293 g/mol. The molecule has 1 fully saturated rings. The van der Waals surface area contributed by atoms with Crippen molar-refractivity contribution >= 4 is 38.9 Å². The second-order valence-corrected chi connectivity index (χ2v) is 6.20. The molecule has 4 heteroatoms. The predicted molar refractivity (Wildman–Crippen MR) is 66.5 cm³/mol. The molecule has 2 heterocycles. The Morgan fingerprint density at radius 3 is 3.00 bits per heavy atom. The maximum absolute atomic E-state index is 5.89. The molecular formula is C10H13BrClNS. The van der Waals surface area contributed by atoms with Gasteiger partial charge in [-0.1, -0.05) is 27.5 Å². The van der Waals surface area contributed by atoms with Crippen LogP contribution in [0.1, 0.15) is 11.3 Å². The molecule has 1 atom stereocenters. The van der Waals surface area contributed by atoms with Gasteiger partial charge in [0.15, 0.2) is 0 Å². The highest BCUT2D eigenvalue weighted by Gasteiger charge is 2.21. The van der Waals surface area contributed by atoms with E-state index >= 15 is 0 Å². The number of nitrogens with zero attached hydrogens (tertiary/aromatic N) is 1. The van der Waals surface area contributed by atoms with E-state index in [2.05, 4.69) is 26.9 Å². The largest absolute Gasteiger partial charge is 0.298 e. The van der Waals surface area contributed by atoms with Crippen molar-refractivity contribution in [3.05, 3.63) is 21.3 Å². The first kappa shape index (κ1) is 10.9. The van der Waals surface area contributed by atoms with Gasteiger partial charge in [-0.3, -0.25) is 4.90 Å². The molecule has 1 aromatic rings. The lowest BCUT2D eigenvalue weighted by Crippen LogP contribution is -2.19. The van der Waals surface area contributed by atoms with Crippen LogP contribution in [0.4, 0.5) is 0 Å². The maximum Gasteiger partial charge on any atom is 0.0931 e. The summed E-state index contributed by atoms with van der Waals surface area (Å²) in [5, 5.41) is 1.13. The van der Waals surface area contributed by atoms with Crippen LogP contribution in [0, 0.1) is 5.92 Å². The van der Waals surface area contributed by atoms with Crippen molar-refractivity contribution < 1.29 is 0 Å². The summed E-state index contributed by atoms with van der Waals surface area (Å²) in [5.74, 6) is 0.838. The van der Waals surface area contributed by atoms with E-state index in [-0.39, 0.29) is 0 Å². The minimum Gasteiger partial charge on any atom is -0.298 e. The summed E-state index contributed by atoms with van der Waals surface area (Å²) in [5.41, 5.74) is 0. The highest BCUT2D eigenvalue weighted by Crippen LogP contribution is 2.25. The van der Waals surface area contributed by atoms with Gasteiger partial charge in [-0.15, -0.1) is 11.3 Å². The predicted octanol–water partition coefficient (Wildman–Crippen LogP) is 3.62. The number of halogens is 2. The molecule has 78 valence electrons. The highest BCUT2D eigenvalue weighted by molar-refractivity contribution is 9.09. The number of hydrogen-bond donors (Lipinski definition) is 0. The van der Waals surface area contributed by atoms with Crippen molar-refractivity contribution in [1.82, 2.24) is 4.90 Å². The summed E-state index contributed by atoms with van der Waals surface area (Å²) in [7, 11) is 0. The Morgan fingerprint density at radius 1 is 1.57 bits per heavy atom. The van der Waals surface area contributed by atoms with Crippen LogP contribution in [-0.2, 0) is 6.54 Å². The lowest BCUT2D eigenvalue weighted by atomic mass is 10.2. The molecule has 0 aromatic carbocycles. The molecule has 0 radical (unpaired) electrons. The SMILES string of the molecule is Clc1ccc(CN2CCC(CBr)C2)s1. The maximum atomic E-state index is 5.89. The van der Waals surface area contributed by atoms with Gasteiger partial charge in [0.2, 0.25) is 0 Å². The normalized spacial score (nSPS) is 23.1. The van der Waals surface area contributed by atoms with Crippen molar-refractivity contribution in [2.24, 2.45) is 5.92 Å². The zero-order valence-electron chi connectivity index (χ0n) is 7.88. The van der Waals surface area contributed by atoms with Crippen molar-refractivity contribution in [1.29, 1.82) is 0 Å². The van der Waals surface area contributed by atoms with E-state index in [9.17, 15) is 0 Å². The summed E-state index contributed by atoms with van der Waals surface area (Å²) in [6, 6.07) is 4.12. The Balaban J connectivity index is 1.87. The number of thiophene rings is 1. The van der Waals surface area contributed by atoms with Gasteiger partial charge in [0.1, 0.15) is 0 Å². The first-order valence-electron chi connectivity index (χ1n) is 4.80. The van der Waals surface area contributed by atoms with Crippen molar-refractivity contribution in [2.75, 3.05) is 18.4 Å². The molecule has 1 saturated heterocycles. The van der Waals surface area contributed by atoms with Crippen LogP contribution < -0.4 is 0 Å². The lowest BCUT2D eigenvalue weighted by molar-refractivity contribution is 0.324. The third-order valence-electron chi connectivity index (χ3n) is 2.60. The van der Waals surface area contributed by atoms with Gasteiger partial charge in [0.05, 0.1) is 4.34 Å². The Labute approximate surface area is 102 Å². The molecule has 1 aliphatic rings. The Bertz CT molecular complexity index is 302. The van der Waals surface area contributed by atoms with E-state index in [1.807, 2.05) is 6.07 Å². The molecule has 0 saturated carbocycles. The minimum atomic E-state index is 0.838. The van der Waals surface area contributed by atoms with Crippen LogP contribution in [0.5, 0.6) is 0 Å². The van der Waals surface area contributed by atoms with E-state index in [1.54, 1.807) is 11.3 Å². The summed E-state index contributed by atoms with van der Waals surface area (Å²) in [4.78, 5) is 3.89. The number of rotatable bonds is 3. The van der Waals surface area contributed by atoms with Gasteiger partial charge < -0.3 is 0 Å². The van der Waals surface area contributed by atoms with E-state index < -0.39 is 0 Å².